The van der Waals surface area contributed by atoms with Crippen LogP contribution in [-0.4, -0.2) is 85.0 Å². The predicted molar refractivity (Wildman–Crippen MR) is 162 cm³/mol. The van der Waals surface area contributed by atoms with Crippen molar-refractivity contribution in [2.45, 2.75) is 121 Å². The summed E-state index contributed by atoms with van der Waals surface area (Å²) in [7, 11) is 3.84. The van der Waals surface area contributed by atoms with Gasteiger partial charge >= 0.3 is 0 Å². The van der Waals surface area contributed by atoms with Gasteiger partial charge < -0.3 is 20.4 Å². The highest BCUT2D eigenvalue weighted by molar-refractivity contribution is 7.99. The highest BCUT2D eigenvalue weighted by atomic mass is 32.2. The van der Waals surface area contributed by atoms with Crippen LogP contribution < -0.4 is 10.6 Å². The van der Waals surface area contributed by atoms with Gasteiger partial charge in [0, 0.05) is 31.4 Å². The smallest absolute Gasteiger partial charge is 0.240 e. The fraction of sp³-hybridized carbons (Fsp3) is 0.935. The van der Waals surface area contributed by atoms with Crippen molar-refractivity contribution in [3.8, 4) is 0 Å². The lowest BCUT2D eigenvalue weighted by molar-refractivity contribution is -0.134. The summed E-state index contributed by atoms with van der Waals surface area (Å²) in [5.41, 5.74) is 0. The van der Waals surface area contributed by atoms with E-state index in [1.807, 2.05) is 14.1 Å². The van der Waals surface area contributed by atoms with Crippen LogP contribution in [0.2, 0.25) is 0 Å². The highest BCUT2D eigenvalue weighted by Gasteiger charge is 2.33. The van der Waals surface area contributed by atoms with Gasteiger partial charge in [-0.05, 0) is 89.0 Å². The van der Waals surface area contributed by atoms with E-state index in [2.05, 4.69) is 46.0 Å². The van der Waals surface area contributed by atoms with E-state index in [0.717, 1.165) is 51.4 Å². The topological polar surface area (TPSA) is 64.7 Å². The van der Waals surface area contributed by atoms with Crippen molar-refractivity contribution in [1.29, 1.82) is 0 Å². The average Bonchev–Trinajstić information content (AvgIpc) is 3.41. The number of rotatable bonds is 6. The van der Waals surface area contributed by atoms with Crippen LogP contribution in [0.3, 0.4) is 0 Å². The Labute approximate surface area is 238 Å². The summed E-state index contributed by atoms with van der Waals surface area (Å²) in [5.74, 6) is 3.63. The molecule has 0 aromatic carbocycles. The third-order valence-corrected chi connectivity index (χ3v) is 10.9. The van der Waals surface area contributed by atoms with Crippen molar-refractivity contribution in [2.24, 2.45) is 17.8 Å². The van der Waals surface area contributed by atoms with Gasteiger partial charge in [-0.3, -0.25) is 9.59 Å². The molecule has 6 nitrogen and oxygen atoms in total. The molecule has 5 unspecified atom stereocenters. The third kappa shape index (κ3) is 9.69. The molecular formula is C31H58N4O2S. The Kier molecular flexibility index (Phi) is 14.3. The highest BCUT2D eigenvalue weighted by Crippen LogP contribution is 2.28. The summed E-state index contributed by atoms with van der Waals surface area (Å²) in [6, 6.07) is 0.0616. The van der Waals surface area contributed by atoms with Crippen molar-refractivity contribution in [1.82, 2.24) is 20.4 Å². The minimum Gasteiger partial charge on any atom is -0.341 e. The molecule has 38 heavy (non-hydrogen) atoms. The van der Waals surface area contributed by atoms with Gasteiger partial charge in [0.05, 0.1) is 12.1 Å². The molecule has 1 saturated carbocycles. The van der Waals surface area contributed by atoms with Gasteiger partial charge in [-0.15, -0.1) is 0 Å². The van der Waals surface area contributed by atoms with Crippen LogP contribution in [0.25, 0.3) is 0 Å². The van der Waals surface area contributed by atoms with Crippen molar-refractivity contribution in [3.63, 3.8) is 0 Å². The summed E-state index contributed by atoms with van der Waals surface area (Å²) in [6.07, 6.45) is 18.1. The van der Waals surface area contributed by atoms with Crippen LogP contribution in [-0.2, 0) is 9.59 Å². The second kappa shape index (κ2) is 17.1. The lowest BCUT2D eigenvalue weighted by Gasteiger charge is -2.29. The van der Waals surface area contributed by atoms with E-state index in [4.69, 9.17) is 0 Å². The first-order chi connectivity index (χ1) is 18.4. The van der Waals surface area contributed by atoms with Crippen molar-refractivity contribution in [3.05, 3.63) is 0 Å². The molecule has 3 aliphatic heterocycles. The van der Waals surface area contributed by atoms with Crippen LogP contribution in [0.5, 0.6) is 0 Å². The third-order valence-electron chi connectivity index (χ3n) is 9.49. The molecule has 4 rings (SSSR count). The van der Waals surface area contributed by atoms with E-state index in [1.165, 1.54) is 76.4 Å². The van der Waals surface area contributed by atoms with E-state index in [1.54, 1.807) is 0 Å². The first-order valence-corrected chi connectivity index (χ1v) is 17.0. The summed E-state index contributed by atoms with van der Waals surface area (Å²) in [6.45, 7) is 8.30. The number of carbonyl (C=O) groups is 2. The van der Waals surface area contributed by atoms with Crippen LogP contribution in [0, 0.1) is 17.8 Å². The van der Waals surface area contributed by atoms with E-state index in [0.29, 0.717) is 28.9 Å². The minimum atomic E-state index is 0.0262. The molecule has 0 aromatic rings. The predicted octanol–water partition coefficient (Wildman–Crippen LogP) is 5.31. The van der Waals surface area contributed by atoms with Crippen molar-refractivity contribution >= 4 is 23.6 Å². The molecule has 3 heterocycles. The van der Waals surface area contributed by atoms with E-state index < -0.39 is 0 Å². The second-order valence-electron chi connectivity index (χ2n) is 12.5. The van der Waals surface area contributed by atoms with Gasteiger partial charge in [-0.25, -0.2) is 0 Å². The summed E-state index contributed by atoms with van der Waals surface area (Å²) in [5, 5.41) is 7.12. The Morgan fingerprint density at radius 2 is 1.16 bits per heavy atom. The fourth-order valence-corrected chi connectivity index (χ4v) is 8.38. The molecule has 220 valence electrons. The molecule has 1 aliphatic carbocycles. The van der Waals surface area contributed by atoms with Gasteiger partial charge in [0.25, 0.3) is 0 Å². The van der Waals surface area contributed by atoms with Gasteiger partial charge in [-0.2, -0.15) is 11.8 Å². The van der Waals surface area contributed by atoms with E-state index in [-0.39, 0.29) is 12.1 Å². The van der Waals surface area contributed by atoms with Gasteiger partial charge in [0.1, 0.15) is 0 Å². The molecule has 3 saturated heterocycles. The Morgan fingerprint density at radius 3 is 1.71 bits per heavy atom. The Bertz CT molecular complexity index is 633. The van der Waals surface area contributed by atoms with Gasteiger partial charge in [0.15, 0.2) is 0 Å². The normalized spacial score (nSPS) is 32.5. The second-order valence-corrected chi connectivity index (χ2v) is 13.9. The van der Waals surface area contributed by atoms with Gasteiger partial charge in [-0.1, -0.05) is 52.4 Å². The average molecular weight is 551 g/mol. The van der Waals surface area contributed by atoms with Crippen LogP contribution in [0.1, 0.15) is 104 Å². The van der Waals surface area contributed by atoms with Crippen LogP contribution in [0.15, 0.2) is 0 Å². The molecule has 0 bridgehead atoms. The molecule has 4 aliphatic rings. The van der Waals surface area contributed by atoms with Crippen molar-refractivity contribution < 1.29 is 9.59 Å². The summed E-state index contributed by atoms with van der Waals surface area (Å²) in [4.78, 5) is 29.5. The SMILES string of the molecule is CNC1C(=O)N(CC2CCCCCC2)CCCC1C.CNC1C(=O)N(CC2CCCCCS2)CCCC1C. The lowest BCUT2D eigenvalue weighted by Crippen LogP contribution is -2.48. The number of nitrogens with one attached hydrogen (secondary N) is 2. The molecule has 7 heteroatoms. The molecule has 2 amide bonds. The maximum Gasteiger partial charge on any atom is 0.240 e. The molecule has 2 N–H and O–H groups in total. The summed E-state index contributed by atoms with van der Waals surface area (Å²) >= 11 is 2.08. The zero-order valence-corrected chi connectivity index (χ0v) is 25.8. The standard InChI is InChI=1S/C16H30N2O.C15H28N2OS/c1-13-8-7-11-18(16(19)15(13)17-2)12-14-9-5-3-4-6-10-14;1-12-7-6-9-17(15(18)14(12)16-2)11-13-8-4-3-5-10-19-13/h13-15,17H,3-12H2,1-2H3;12-14,16H,3-11H2,1-2H3. The quantitative estimate of drug-likeness (QED) is 0.439. The maximum absolute atomic E-state index is 12.6. The number of thioether (sulfide) groups is 1. The van der Waals surface area contributed by atoms with Crippen LogP contribution >= 0.6 is 11.8 Å². The molecule has 4 fully saturated rings. The lowest BCUT2D eigenvalue weighted by atomic mass is 9.97. The first kappa shape index (κ1) is 31.7. The fourth-order valence-electron chi connectivity index (χ4n) is 7.05. The monoisotopic (exact) mass is 550 g/mol. The molecule has 0 spiro atoms. The number of nitrogens with zero attached hydrogens (tertiary/aromatic N) is 2. The molecule has 0 aromatic heterocycles. The summed E-state index contributed by atoms with van der Waals surface area (Å²) < 4.78 is 0. The largest absolute Gasteiger partial charge is 0.341 e. The van der Waals surface area contributed by atoms with Gasteiger partial charge in [0.2, 0.25) is 11.8 Å². The molecular weight excluding hydrogens is 492 g/mol. The number of amides is 2. The number of hydrogen-bond acceptors (Lipinski definition) is 5. The molecule has 0 radical (unpaired) electrons. The van der Waals surface area contributed by atoms with E-state index >= 15 is 0 Å². The number of hydrogen-bond donors (Lipinski definition) is 2. The minimum absolute atomic E-state index is 0.0262. The Balaban J connectivity index is 0.000000211. The Morgan fingerprint density at radius 1 is 0.658 bits per heavy atom. The van der Waals surface area contributed by atoms with E-state index in [9.17, 15) is 9.59 Å². The van der Waals surface area contributed by atoms with Crippen LogP contribution in [0.4, 0.5) is 0 Å². The Hall–Kier alpha value is -0.790. The first-order valence-electron chi connectivity index (χ1n) is 16.0. The number of carbonyl (C=O) groups excluding carboxylic acids is 2. The van der Waals surface area contributed by atoms with Crippen molar-refractivity contribution in [2.75, 3.05) is 46.0 Å². The zero-order valence-electron chi connectivity index (χ0n) is 25.0. The molecule has 5 atom stereocenters. The number of likely N-dealkylation sites (N-methyl/N-ethyl adjacent to an activating group) is 2. The number of likely N-dealkylation sites (tertiary alicyclic amines) is 2. The maximum atomic E-state index is 12.6. The zero-order chi connectivity index (χ0) is 27.3.